The minimum absolute atomic E-state index is 0. The van der Waals surface area contributed by atoms with Crippen molar-refractivity contribution in [3.63, 3.8) is 0 Å². The fourth-order valence-electron chi connectivity index (χ4n) is 4.24. The third-order valence-electron chi connectivity index (χ3n) is 6.58. The maximum atomic E-state index is 11.7. The van der Waals surface area contributed by atoms with E-state index in [1.165, 1.54) is 0 Å². The predicted molar refractivity (Wildman–Crippen MR) is 152 cm³/mol. The van der Waals surface area contributed by atoms with Crippen molar-refractivity contribution in [3.8, 4) is 22.6 Å². The van der Waals surface area contributed by atoms with E-state index in [0.29, 0.717) is 25.5 Å². The summed E-state index contributed by atoms with van der Waals surface area (Å²) in [5.74, 6) is 0.628. The first-order chi connectivity index (χ1) is 19.2. The molecular formula is C31H34N3NaO6. The number of amides is 1. The van der Waals surface area contributed by atoms with Gasteiger partial charge in [0.2, 0.25) is 5.91 Å². The van der Waals surface area contributed by atoms with Crippen molar-refractivity contribution in [3.05, 3.63) is 104 Å². The van der Waals surface area contributed by atoms with Crippen molar-refractivity contribution in [1.29, 1.82) is 0 Å². The summed E-state index contributed by atoms with van der Waals surface area (Å²) < 4.78 is 17.6. The minimum atomic E-state index is -0.901. The number of rotatable bonds is 12. The molecule has 0 unspecified atom stereocenters. The molecule has 3 aromatic carbocycles. The van der Waals surface area contributed by atoms with E-state index in [0.717, 1.165) is 50.3 Å². The second-order valence-electron chi connectivity index (χ2n) is 9.93. The quantitative estimate of drug-likeness (QED) is 0.202. The molecule has 1 amide bonds. The minimum Gasteiger partial charge on any atom is -0.494 e. The number of aromatic nitrogens is 2. The molecule has 1 heterocycles. The van der Waals surface area contributed by atoms with E-state index >= 15 is 0 Å². The average molecular weight is 568 g/mol. The molecule has 4 aromatic rings. The van der Waals surface area contributed by atoms with Crippen molar-refractivity contribution in [2.75, 3.05) is 13.2 Å². The molecule has 1 aromatic heterocycles. The van der Waals surface area contributed by atoms with Gasteiger partial charge in [0, 0.05) is 19.0 Å². The summed E-state index contributed by atoms with van der Waals surface area (Å²) in [5.41, 5.74) is 5.65. The van der Waals surface area contributed by atoms with Gasteiger partial charge in [-0.25, -0.2) is 4.79 Å². The van der Waals surface area contributed by atoms with Crippen LogP contribution in [0, 0.1) is 19.8 Å². The fourth-order valence-corrected chi connectivity index (χ4v) is 4.24. The second-order valence-corrected chi connectivity index (χ2v) is 9.93. The molecule has 10 heteroatoms. The van der Waals surface area contributed by atoms with Gasteiger partial charge in [-0.15, -0.1) is 0 Å². The van der Waals surface area contributed by atoms with Crippen LogP contribution < -0.4 is 60.8 Å². The maximum absolute atomic E-state index is 11.7. The number of nitrogens with one attached hydrogen (secondary N) is 1. The Balaban J connectivity index is 0.00000462. The molecule has 0 fully saturated rings. The Hall–Kier alpha value is -3.53. The summed E-state index contributed by atoms with van der Waals surface area (Å²) in [5, 5.41) is 2.90. The normalized spacial score (nSPS) is 10.8. The largest absolute Gasteiger partial charge is 1.00 e. The molecule has 9 nitrogen and oxygen atoms in total. The molecule has 0 aliphatic heterocycles. The van der Waals surface area contributed by atoms with Crippen molar-refractivity contribution in [2.24, 2.45) is 5.92 Å². The van der Waals surface area contributed by atoms with E-state index in [4.69, 9.17) is 14.0 Å². The standard InChI is InChI=1S/C31H35N3O6.Na/c1-20(2)29(35)32-15-6-16-38-26-13-14-27(21(3)17-26)28-8-5-7-24(22(28)4)19-39-25-11-9-23(10-12-25)18-34-30(36)33-31(37)40-34;/h5,7-14,17,20H,6,15-16,18-19H2,1-4H3,(H2,32,33,35,36,37);/q;+1/p-1. The molecule has 0 aliphatic carbocycles. The Kier molecular flexibility index (Phi) is 11.6. The van der Waals surface area contributed by atoms with Gasteiger partial charge < -0.3 is 24.3 Å². The smallest absolute Gasteiger partial charge is 0.494 e. The van der Waals surface area contributed by atoms with Crippen LogP contribution in [0.15, 0.2) is 74.8 Å². The van der Waals surface area contributed by atoms with Crippen LogP contribution in [-0.2, 0) is 17.9 Å². The van der Waals surface area contributed by atoms with Crippen LogP contribution in [0.25, 0.3) is 11.1 Å². The first-order valence-electron chi connectivity index (χ1n) is 13.3. The number of aryl methyl sites for hydroxylation is 1. The van der Waals surface area contributed by atoms with Crippen molar-refractivity contribution in [2.45, 2.75) is 47.3 Å². The van der Waals surface area contributed by atoms with Crippen LogP contribution in [0.1, 0.15) is 42.5 Å². The first-order valence-corrected chi connectivity index (χ1v) is 13.3. The van der Waals surface area contributed by atoms with E-state index in [1.54, 1.807) is 0 Å². The average Bonchev–Trinajstić information content (AvgIpc) is 3.24. The number of benzene rings is 3. The Morgan fingerprint density at radius 3 is 2.37 bits per heavy atom. The zero-order valence-corrected chi connectivity index (χ0v) is 26.2. The fraction of sp³-hybridized carbons (Fsp3) is 0.323. The Labute approximate surface area is 261 Å². The van der Waals surface area contributed by atoms with Crippen LogP contribution in [0.2, 0.25) is 0 Å². The summed E-state index contributed by atoms with van der Waals surface area (Å²) in [6.45, 7) is 9.56. The van der Waals surface area contributed by atoms with Crippen LogP contribution >= 0.6 is 0 Å². The number of hydrogen-bond acceptors (Lipinski definition) is 6. The molecule has 4 rings (SSSR count). The van der Waals surface area contributed by atoms with Crippen molar-refractivity contribution < 1.29 is 48.3 Å². The van der Waals surface area contributed by atoms with Gasteiger partial charge in [0.1, 0.15) is 18.1 Å². The van der Waals surface area contributed by atoms with Gasteiger partial charge in [0.25, 0.3) is 0 Å². The monoisotopic (exact) mass is 567 g/mol. The molecular weight excluding hydrogens is 533 g/mol. The van der Waals surface area contributed by atoms with E-state index in [9.17, 15) is 14.4 Å². The molecule has 0 saturated heterocycles. The number of nitrogens with zero attached hydrogens (tertiary/aromatic N) is 2. The zero-order valence-electron chi connectivity index (χ0n) is 24.2. The molecule has 0 spiro atoms. The van der Waals surface area contributed by atoms with Gasteiger partial charge in [-0.1, -0.05) is 50.2 Å². The molecule has 0 aliphatic rings. The molecule has 0 bridgehead atoms. The Bertz CT molecular complexity index is 1570. The van der Waals surface area contributed by atoms with Gasteiger partial charge in [0.05, 0.1) is 6.61 Å². The zero-order chi connectivity index (χ0) is 28.6. The SMILES string of the molecule is Cc1cc(OCCCNC(=O)C(C)C)ccc1-c1cccc(COc2ccc(Cn3oc(=O)[n-]c3=O)cc2)c1C.[Na+]. The summed E-state index contributed by atoms with van der Waals surface area (Å²) in [6, 6.07) is 19.5. The van der Waals surface area contributed by atoms with Crippen LogP contribution in [0.4, 0.5) is 0 Å². The molecule has 0 radical (unpaired) electrons. The second kappa shape index (κ2) is 14.9. The van der Waals surface area contributed by atoms with Crippen molar-refractivity contribution >= 4 is 5.91 Å². The van der Waals surface area contributed by atoms with E-state index in [2.05, 4.69) is 42.3 Å². The Morgan fingerprint density at radius 2 is 1.71 bits per heavy atom. The van der Waals surface area contributed by atoms with Crippen LogP contribution in [0.3, 0.4) is 0 Å². The third kappa shape index (κ3) is 8.73. The van der Waals surface area contributed by atoms with Gasteiger partial charge >= 0.3 is 35.3 Å². The first kappa shape index (κ1) is 32.0. The van der Waals surface area contributed by atoms with Gasteiger partial charge in [0.15, 0.2) is 5.69 Å². The maximum Gasteiger partial charge on any atom is 1.00 e. The number of ether oxygens (including phenoxy) is 2. The van der Waals surface area contributed by atoms with Gasteiger partial charge in [-0.05, 0) is 77.9 Å². The van der Waals surface area contributed by atoms with E-state index in [-0.39, 0.29) is 47.9 Å². The van der Waals surface area contributed by atoms with E-state index < -0.39 is 11.4 Å². The third-order valence-corrected chi connectivity index (χ3v) is 6.58. The van der Waals surface area contributed by atoms with Crippen LogP contribution in [0.5, 0.6) is 11.5 Å². The number of hydrogen-bond donors (Lipinski definition) is 1. The number of carbonyl (C=O) groups excluding carboxylic acids is 1. The molecule has 0 atom stereocenters. The molecule has 210 valence electrons. The predicted octanol–water partition coefficient (Wildman–Crippen LogP) is 1.21. The topological polar surface area (TPSA) is 114 Å². The van der Waals surface area contributed by atoms with Gasteiger partial charge in [-0.2, -0.15) is 0 Å². The summed E-state index contributed by atoms with van der Waals surface area (Å²) in [4.78, 5) is 37.6. The summed E-state index contributed by atoms with van der Waals surface area (Å²) in [7, 11) is 0. The van der Waals surface area contributed by atoms with Crippen molar-refractivity contribution in [1.82, 2.24) is 15.0 Å². The summed E-state index contributed by atoms with van der Waals surface area (Å²) >= 11 is 0. The molecule has 0 saturated carbocycles. The Morgan fingerprint density at radius 1 is 0.976 bits per heavy atom. The summed E-state index contributed by atoms with van der Waals surface area (Å²) in [6.07, 6.45) is 0.743. The molecule has 41 heavy (non-hydrogen) atoms. The number of carbonyl (C=O) groups is 1. The molecule has 1 N–H and O–H groups in total. The van der Waals surface area contributed by atoms with E-state index in [1.807, 2.05) is 56.3 Å². The van der Waals surface area contributed by atoms with Crippen LogP contribution in [-0.4, -0.2) is 23.8 Å². The van der Waals surface area contributed by atoms with Gasteiger partial charge in [-0.3, -0.25) is 14.3 Å².